The van der Waals surface area contributed by atoms with Crippen LogP contribution >= 0.6 is 0 Å². The fourth-order valence-electron chi connectivity index (χ4n) is 1.52. The summed E-state index contributed by atoms with van der Waals surface area (Å²) in [7, 11) is 1.97. The molecule has 1 heterocycles. The highest BCUT2D eigenvalue weighted by molar-refractivity contribution is 5.06. The first-order valence-corrected chi connectivity index (χ1v) is 5.14. The highest BCUT2D eigenvalue weighted by Gasteiger charge is 2.16. The molecule has 0 radical (unpaired) electrons. The van der Waals surface area contributed by atoms with Crippen molar-refractivity contribution in [1.29, 1.82) is 0 Å². The quantitative estimate of drug-likeness (QED) is 0.795. The van der Waals surface area contributed by atoms with Crippen molar-refractivity contribution < 1.29 is 0 Å². The zero-order valence-corrected chi connectivity index (χ0v) is 9.41. The number of nitrogens with zero attached hydrogens (tertiary/aromatic N) is 2. The Morgan fingerprint density at radius 3 is 2.50 bits per heavy atom. The van der Waals surface area contributed by atoms with Crippen LogP contribution in [-0.4, -0.2) is 17.0 Å². The van der Waals surface area contributed by atoms with Crippen LogP contribution in [0.25, 0.3) is 0 Å². The van der Waals surface area contributed by atoms with E-state index in [9.17, 15) is 0 Å². The second-order valence-corrected chi connectivity index (χ2v) is 3.73. The van der Waals surface area contributed by atoms with E-state index in [1.54, 1.807) is 0 Å². The molecule has 3 heteroatoms. The zero-order valence-electron chi connectivity index (χ0n) is 9.41. The molecule has 0 saturated heterocycles. The van der Waals surface area contributed by atoms with E-state index in [2.05, 4.69) is 29.1 Å². The van der Waals surface area contributed by atoms with E-state index in [1.807, 2.05) is 26.4 Å². The molecule has 2 unspecified atom stereocenters. The summed E-state index contributed by atoms with van der Waals surface area (Å²) in [5, 5.41) is 3.29. The molecule has 0 aliphatic carbocycles. The molecule has 1 aromatic rings. The van der Waals surface area contributed by atoms with Crippen LogP contribution < -0.4 is 5.32 Å². The summed E-state index contributed by atoms with van der Waals surface area (Å²) < 4.78 is 0. The standard InChI is InChI=1S/C11H19N3/c1-5-8(2)11(12-4)10-7-13-9(3)6-14-10/h6-8,11-12H,5H2,1-4H3. The van der Waals surface area contributed by atoms with Crippen molar-refractivity contribution in [1.82, 2.24) is 15.3 Å². The van der Waals surface area contributed by atoms with E-state index >= 15 is 0 Å². The zero-order chi connectivity index (χ0) is 10.6. The number of hydrogen-bond donors (Lipinski definition) is 1. The first kappa shape index (κ1) is 11.1. The van der Waals surface area contributed by atoms with Crippen LogP contribution in [0.5, 0.6) is 0 Å². The normalized spacial score (nSPS) is 15.1. The van der Waals surface area contributed by atoms with Crippen LogP contribution in [0.3, 0.4) is 0 Å². The van der Waals surface area contributed by atoms with Gasteiger partial charge in [-0.3, -0.25) is 9.97 Å². The van der Waals surface area contributed by atoms with Gasteiger partial charge in [-0.2, -0.15) is 0 Å². The minimum absolute atomic E-state index is 0.313. The van der Waals surface area contributed by atoms with Gasteiger partial charge in [0.1, 0.15) is 0 Å². The molecule has 14 heavy (non-hydrogen) atoms. The monoisotopic (exact) mass is 193 g/mol. The summed E-state index contributed by atoms with van der Waals surface area (Å²) in [4.78, 5) is 8.66. The lowest BCUT2D eigenvalue weighted by Gasteiger charge is -2.21. The highest BCUT2D eigenvalue weighted by Crippen LogP contribution is 2.21. The van der Waals surface area contributed by atoms with Gasteiger partial charge < -0.3 is 5.32 Å². The summed E-state index contributed by atoms with van der Waals surface area (Å²) in [6, 6.07) is 0.313. The van der Waals surface area contributed by atoms with Gasteiger partial charge in [0.15, 0.2) is 0 Å². The second-order valence-electron chi connectivity index (χ2n) is 3.73. The van der Waals surface area contributed by atoms with Crippen LogP contribution in [-0.2, 0) is 0 Å². The van der Waals surface area contributed by atoms with Crippen molar-refractivity contribution >= 4 is 0 Å². The number of aromatic nitrogens is 2. The Kier molecular flexibility index (Phi) is 4.01. The van der Waals surface area contributed by atoms with Crippen molar-refractivity contribution in [3.05, 3.63) is 23.8 Å². The lowest BCUT2D eigenvalue weighted by atomic mass is 9.97. The van der Waals surface area contributed by atoms with E-state index in [0.29, 0.717) is 12.0 Å². The van der Waals surface area contributed by atoms with Crippen molar-refractivity contribution in [2.45, 2.75) is 33.2 Å². The fraction of sp³-hybridized carbons (Fsp3) is 0.636. The maximum atomic E-state index is 4.39. The molecule has 78 valence electrons. The summed E-state index contributed by atoms with van der Waals surface area (Å²) in [6.45, 7) is 6.37. The number of rotatable bonds is 4. The Hall–Kier alpha value is -0.960. The van der Waals surface area contributed by atoms with E-state index in [0.717, 1.165) is 17.8 Å². The molecule has 0 saturated carbocycles. The Bertz CT molecular complexity index is 268. The van der Waals surface area contributed by atoms with E-state index < -0.39 is 0 Å². The van der Waals surface area contributed by atoms with Gasteiger partial charge in [0.25, 0.3) is 0 Å². The summed E-state index contributed by atoms with van der Waals surface area (Å²) in [6.07, 6.45) is 4.83. The Morgan fingerprint density at radius 1 is 1.36 bits per heavy atom. The molecule has 0 amide bonds. The molecule has 2 atom stereocenters. The third kappa shape index (κ3) is 2.51. The molecule has 1 N–H and O–H groups in total. The molecule has 0 aliphatic rings. The van der Waals surface area contributed by atoms with Gasteiger partial charge in [-0.25, -0.2) is 0 Å². The smallest absolute Gasteiger partial charge is 0.0758 e. The molecule has 0 aliphatic heterocycles. The Labute approximate surface area is 86.0 Å². The molecule has 0 aromatic carbocycles. The van der Waals surface area contributed by atoms with Gasteiger partial charge in [0.05, 0.1) is 23.6 Å². The van der Waals surface area contributed by atoms with Crippen LogP contribution in [0.2, 0.25) is 0 Å². The maximum absolute atomic E-state index is 4.39. The van der Waals surface area contributed by atoms with E-state index in [4.69, 9.17) is 0 Å². The minimum Gasteiger partial charge on any atom is -0.311 e. The first-order chi connectivity index (χ1) is 6.69. The van der Waals surface area contributed by atoms with Crippen molar-refractivity contribution in [3.8, 4) is 0 Å². The van der Waals surface area contributed by atoms with Crippen LogP contribution in [0.4, 0.5) is 0 Å². The van der Waals surface area contributed by atoms with Gasteiger partial charge in [-0.05, 0) is 19.9 Å². The predicted octanol–water partition coefficient (Wildman–Crippen LogP) is 2.09. The fourth-order valence-corrected chi connectivity index (χ4v) is 1.52. The Morgan fingerprint density at radius 2 is 2.07 bits per heavy atom. The van der Waals surface area contributed by atoms with Crippen molar-refractivity contribution in [2.24, 2.45) is 5.92 Å². The lowest BCUT2D eigenvalue weighted by Crippen LogP contribution is -2.24. The SMILES string of the molecule is CCC(C)C(NC)c1cnc(C)cn1. The maximum Gasteiger partial charge on any atom is 0.0758 e. The average molecular weight is 193 g/mol. The molecule has 3 nitrogen and oxygen atoms in total. The molecule has 1 rings (SSSR count). The summed E-state index contributed by atoms with van der Waals surface area (Å²) in [5.41, 5.74) is 2.00. The number of nitrogens with one attached hydrogen (secondary N) is 1. The first-order valence-electron chi connectivity index (χ1n) is 5.14. The predicted molar refractivity (Wildman–Crippen MR) is 58.0 cm³/mol. The molecule has 0 bridgehead atoms. The lowest BCUT2D eigenvalue weighted by molar-refractivity contribution is 0.391. The average Bonchev–Trinajstić information content (AvgIpc) is 2.21. The van der Waals surface area contributed by atoms with Gasteiger partial charge in [-0.1, -0.05) is 20.3 Å². The van der Waals surface area contributed by atoms with Crippen molar-refractivity contribution in [2.75, 3.05) is 7.05 Å². The topological polar surface area (TPSA) is 37.8 Å². The van der Waals surface area contributed by atoms with E-state index in [1.165, 1.54) is 0 Å². The summed E-state index contributed by atoms with van der Waals surface area (Å²) in [5.74, 6) is 0.581. The molecule has 0 fully saturated rings. The van der Waals surface area contributed by atoms with Crippen molar-refractivity contribution in [3.63, 3.8) is 0 Å². The van der Waals surface area contributed by atoms with Gasteiger partial charge in [0.2, 0.25) is 0 Å². The van der Waals surface area contributed by atoms with Gasteiger partial charge in [-0.15, -0.1) is 0 Å². The molecule has 1 aromatic heterocycles. The minimum atomic E-state index is 0.313. The molecular formula is C11H19N3. The van der Waals surface area contributed by atoms with E-state index in [-0.39, 0.29) is 0 Å². The third-order valence-electron chi connectivity index (χ3n) is 2.64. The second kappa shape index (κ2) is 5.05. The van der Waals surface area contributed by atoms with Gasteiger partial charge >= 0.3 is 0 Å². The van der Waals surface area contributed by atoms with Crippen LogP contribution in [0.15, 0.2) is 12.4 Å². The number of hydrogen-bond acceptors (Lipinski definition) is 3. The third-order valence-corrected chi connectivity index (χ3v) is 2.64. The largest absolute Gasteiger partial charge is 0.311 e. The van der Waals surface area contributed by atoms with Gasteiger partial charge in [0, 0.05) is 6.20 Å². The number of aryl methyl sites for hydroxylation is 1. The Balaban J connectivity index is 2.84. The van der Waals surface area contributed by atoms with Crippen LogP contribution in [0.1, 0.15) is 37.7 Å². The molecular weight excluding hydrogens is 174 g/mol. The highest BCUT2D eigenvalue weighted by atomic mass is 14.9. The molecule has 0 spiro atoms. The summed E-state index contributed by atoms with van der Waals surface area (Å²) >= 11 is 0. The van der Waals surface area contributed by atoms with Crippen LogP contribution in [0, 0.1) is 12.8 Å².